The monoisotopic (exact) mass is 375 g/mol. The van der Waals surface area contributed by atoms with Gasteiger partial charge in [0.05, 0.1) is 12.2 Å². The van der Waals surface area contributed by atoms with Crippen molar-refractivity contribution in [1.29, 1.82) is 0 Å². The van der Waals surface area contributed by atoms with Gasteiger partial charge in [0.2, 0.25) is 5.91 Å². The predicted octanol–water partition coefficient (Wildman–Crippen LogP) is 3.60. The molecule has 4 nitrogen and oxygen atoms in total. The summed E-state index contributed by atoms with van der Waals surface area (Å²) in [4.78, 5) is 16.8. The molecule has 0 bridgehead atoms. The van der Waals surface area contributed by atoms with E-state index < -0.39 is 5.54 Å². The minimum atomic E-state index is -1.04. The van der Waals surface area contributed by atoms with Gasteiger partial charge >= 0.3 is 0 Å². The average Bonchev–Trinajstić information content (AvgIpc) is 2.94. The highest BCUT2D eigenvalue weighted by molar-refractivity contribution is 7.09. The molecule has 0 aliphatic heterocycles. The van der Waals surface area contributed by atoms with Gasteiger partial charge in [0.25, 0.3) is 0 Å². The Morgan fingerprint density at radius 2 is 1.91 bits per heavy atom. The number of hydrogen-bond donors (Lipinski definition) is 2. The number of aromatic nitrogens is 1. The van der Waals surface area contributed by atoms with E-state index in [4.69, 9.17) is 5.73 Å². The van der Waals surface area contributed by atoms with Crippen LogP contribution in [0.15, 0.2) is 35.7 Å². The fraction of sp³-hybridized carbons (Fsp3) is 0.375. The van der Waals surface area contributed by atoms with Crippen molar-refractivity contribution in [3.8, 4) is 0 Å². The van der Waals surface area contributed by atoms with Crippen LogP contribution < -0.4 is 11.1 Å². The molecule has 3 N–H and O–H groups in total. The third-order valence-electron chi connectivity index (χ3n) is 3.41. The van der Waals surface area contributed by atoms with Gasteiger partial charge < -0.3 is 11.1 Å². The van der Waals surface area contributed by atoms with E-state index in [0.29, 0.717) is 12.5 Å². The van der Waals surface area contributed by atoms with Gasteiger partial charge in [0, 0.05) is 5.38 Å². The van der Waals surface area contributed by atoms with E-state index in [1.54, 1.807) is 18.3 Å². The van der Waals surface area contributed by atoms with Crippen LogP contribution in [0.25, 0.3) is 0 Å². The highest BCUT2D eigenvalue weighted by Crippen LogP contribution is 2.19. The lowest BCUT2D eigenvalue weighted by atomic mass is 9.92. The van der Waals surface area contributed by atoms with E-state index in [2.05, 4.69) is 24.1 Å². The van der Waals surface area contributed by atoms with Crippen LogP contribution in [0.4, 0.5) is 0 Å². The molecule has 0 aliphatic carbocycles. The van der Waals surface area contributed by atoms with Crippen molar-refractivity contribution in [2.24, 2.45) is 5.73 Å². The van der Waals surface area contributed by atoms with Crippen molar-refractivity contribution < 1.29 is 4.79 Å². The molecule has 7 heteroatoms. The molecular weight excluding hydrogens is 353 g/mol. The van der Waals surface area contributed by atoms with E-state index in [-0.39, 0.29) is 30.7 Å². The maximum atomic E-state index is 12.3. The number of rotatable bonds is 5. The molecule has 0 spiro atoms. The van der Waals surface area contributed by atoms with Crippen LogP contribution in [-0.2, 0) is 16.9 Å². The minimum absolute atomic E-state index is 0. The molecule has 0 radical (unpaired) electrons. The lowest BCUT2D eigenvalue weighted by Gasteiger charge is -2.23. The van der Waals surface area contributed by atoms with Crippen molar-refractivity contribution in [3.63, 3.8) is 0 Å². The average molecular weight is 376 g/mol. The Kier molecular flexibility index (Phi) is 8.77. The quantitative estimate of drug-likeness (QED) is 0.838. The maximum absolute atomic E-state index is 12.3. The number of nitrogens with two attached hydrogens (primary N) is 1. The molecule has 2 rings (SSSR count). The van der Waals surface area contributed by atoms with Crippen molar-refractivity contribution in [2.75, 3.05) is 0 Å². The molecular formula is C16H23Cl2N3OS. The fourth-order valence-electron chi connectivity index (χ4n) is 1.93. The normalized spacial score (nSPS) is 12.7. The Bertz CT molecular complexity index is 615. The highest BCUT2D eigenvalue weighted by atomic mass is 35.5. The Morgan fingerprint density at radius 1 is 1.30 bits per heavy atom. The van der Waals surface area contributed by atoms with Gasteiger partial charge in [-0.15, -0.1) is 36.2 Å². The second-order valence-electron chi connectivity index (χ2n) is 5.57. The van der Waals surface area contributed by atoms with Gasteiger partial charge in [-0.2, -0.15) is 0 Å². The van der Waals surface area contributed by atoms with Gasteiger partial charge in [-0.05, 0) is 18.4 Å². The van der Waals surface area contributed by atoms with Crippen molar-refractivity contribution in [3.05, 3.63) is 52.0 Å². The number of benzene rings is 1. The summed E-state index contributed by atoms with van der Waals surface area (Å²) in [5, 5.41) is 5.81. The smallest absolute Gasteiger partial charge is 0.244 e. The summed E-state index contributed by atoms with van der Waals surface area (Å²) < 4.78 is 0. The second kappa shape index (κ2) is 9.23. The van der Waals surface area contributed by atoms with E-state index in [1.807, 2.05) is 35.7 Å². The molecule has 23 heavy (non-hydrogen) atoms. The minimum Gasteiger partial charge on any atom is -0.348 e. The lowest BCUT2D eigenvalue weighted by Crippen LogP contribution is -2.48. The third kappa shape index (κ3) is 5.46. The second-order valence-corrected chi connectivity index (χ2v) is 6.51. The molecule has 0 aliphatic rings. The van der Waals surface area contributed by atoms with Crippen LogP contribution in [0, 0.1) is 0 Å². The Morgan fingerprint density at radius 3 is 2.43 bits per heavy atom. The Labute approximate surface area is 153 Å². The van der Waals surface area contributed by atoms with Crippen LogP contribution in [0.5, 0.6) is 0 Å². The van der Waals surface area contributed by atoms with Gasteiger partial charge in [-0.1, -0.05) is 44.2 Å². The summed E-state index contributed by atoms with van der Waals surface area (Å²) in [5.41, 5.74) is 6.98. The van der Waals surface area contributed by atoms with E-state index in [0.717, 1.165) is 16.3 Å². The Hall–Kier alpha value is -1.14. The summed E-state index contributed by atoms with van der Waals surface area (Å²) in [7, 11) is 0. The zero-order chi connectivity index (χ0) is 15.5. The standard InChI is InChI=1S/C16H21N3OS.2ClH/c1-11(2)13-10-21-14(19-13)9-18-15(20)16(3,17)12-7-5-4-6-8-12;;/h4-8,10-11H,9,17H2,1-3H3,(H,18,20);2*1H. The fourth-order valence-corrected chi connectivity index (χ4v) is 2.82. The summed E-state index contributed by atoms with van der Waals surface area (Å²) >= 11 is 1.56. The molecule has 128 valence electrons. The SMILES string of the molecule is CC(C)c1csc(CNC(=O)C(C)(N)c2ccccc2)n1.Cl.Cl. The van der Waals surface area contributed by atoms with Crippen molar-refractivity contribution in [1.82, 2.24) is 10.3 Å². The number of hydrogen-bond acceptors (Lipinski definition) is 4. The number of nitrogens with one attached hydrogen (secondary N) is 1. The van der Waals surface area contributed by atoms with Crippen molar-refractivity contribution in [2.45, 2.75) is 38.8 Å². The van der Waals surface area contributed by atoms with Crippen molar-refractivity contribution >= 4 is 42.1 Å². The third-order valence-corrected chi connectivity index (χ3v) is 4.27. The number of nitrogens with zero attached hydrogens (tertiary/aromatic N) is 1. The zero-order valence-corrected chi connectivity index (χ0v) is 15.9. The molecule has 1 amide bonds. The summed E-state index contributed by atoms with van der Waals surface area (Å²) in [6, 6.07) is 9.38. The van der Waals surface area contributed by atoms with Crippen LogP contribution in [-0.4, -0.2) is 10.9 Å². The first kappa shape index (κ1) is 21.9. The molecule has 0 fully saturated rings. The topological polar surface area (TPSA) is 68.0 Å². The predicted molar refractivity (Wildman–Crippen MR) is 101 cm³/mol. The molecule has 1 aromatic carbocycles. The van der Waals surface area contributed by atoms with Gasteiger partial charge in [-0.3, -0.25) is 4.79 Å². The number of carbonyl (C=O) groups excluding carboxylic acids is 1. The molecule has 1 heterocycles. The first-order valence-electron chi connectivity index (χ1n) is 6.98. The first-order chi connectivity index (χ1) is 9.91. The van der Waals surface area contributed by atoms with E-state index in [9.17, 15) is 4.79 Å². The van der Waals surface area contributed by atoms with Crippen LogP contribution in [0.3, 0.4) is 0 Å². The molecule has 2 aromatic rings. The number of halogens is 2. The van der Waals surface area contributed by atoms with E-state index in [1.165, 1.54) is 0 Å². The lowest BCUT2D eigenvalue weighted by molar-refractivity contribution is -0.126. The van der Waals surface area contributed by atoms with E-state index >= 15 is 0 Å². The number of thiazole rings is 1. The van der Waals surface area contributed by atoms with Gasteiger partial charge in [0.15, 0.2) is 0 Å². The summed E-state index contributed by atoms with van der Waals surface area (Å²) in [5.74, 6) is 0.199. The van der Waals surface area contributed by atoms with Gasteiger partial charge in [-0.25, -0.2) is 4.98 Å². The number of amides is 1. The Balaban J connectivity index is 0.00000242. The molecule has 0 saturated heterocycles. The maximum Gasteiger partial charge on any atom is 0.244 e. The van der Waals surface area contributed by atoms with Crippen LogP contribution >= 0.6 is 36.2 Å². The van der Waals surface area contributed by atoms with Crippen LogP contribution in [0.2, 0.25) is 0 Å². The highest BCUT2D eigenvalue weighted by Gasteiger charge is 2.30. The number of carbonyl (C=O) groups is 1. The van der Waals surface area contributed by atoms with Crippen LogP contribution in [0.1, 0.15) is 43.0 Å². The summed E-state index contributed by atoms with van der Waals surface area (Å²) in [6.07, 6.45) is 0. The molecule has 0 saturated carbocycles. The van der Waals surface area contributed by atoms with Gasteiger partial charge in [0.1, 0.15) is 10.5 Å². The molecule has 1 atom stereocenters. The largest absolute Gasteiger partial charge is 0.348 e. The first-order valence-corrected chi connectivity index (χ1v) is 7.86. The zero-order valence-electron chi connectivity index (χ0n) is 13.4. The molecule has 1 aromatic heterocycles. The molecule has 1 unspecified atom stereocenters. The summed E-state index contributed by atoms with van der Waals surface area (Å²) in [6.45, 7) is 6.34.